The number of hydrogen-bond acceptors (Lipinski definition) is 11. The van der Waals surface area contributed by atoms with Crippen molar-refractivity contribution in [1.82, 2.24) is 0 Å². The van der Waals surface area contributed by atoms with Crippen molar-refractivity contribution in [2.24, 2.45) is 17.6 Å². The van der Waals surface area contributed by atoms with Crippen LogP contribution in [-0.2, 0) is 50.8 Å². The number of rotatable bonds is 10. The molecule has 2 aromatic rings. The Kier molecular flexibility index (Phi) is 21.2. The second kappa shape index (κ2) is 23.0. The number of thioether (sulfide) groups is 1. The largest absolute Gasteiger partial charge is 0.488 e. The van der Waals surface area contributed by atoms with Gasteiger partial charge in [-0.25, -0.2) is 4.39 Å². The topological polar surface area (TPSA) is 164 Å². The summed E-state index contributed by atoms with van der Waals surface area (Å²) in [5.41, 5.74) is 7.18. The number of halogens is 1. The number of allylic oxidation sites excluding steroid dienone is 1. The zero-order valence-electron chi connectivity index (χ0n) is 25.9. The second-order valence-corrected chi connectivity index (χ2v) is 10.9. The summed E-state index contributed by atoms with van der Waals surface area (Å²) in [6, 6.07) is 14.0. The molecule has 3 N–H and O–H groups in total. The van der Waals surface area contributed by atoms with Gasteiger partial charge in [0.05, 0.1) is 6.61 Å². The van der Waals surface area contributed by atoms with Crippen LogP contribution in [0, 0.1) is 23.1 Å². The van der Waals surface area contributed by atoms with Crippen LogP contribution in [0.15, 0.2) is 54.1 Å². The summed E-state index contributed by atoms with van der Waals surface area (Å²) < 4.78 is 40.7. The van der Waals surface area contributed by atoms with Gasteiger partial charge < -0.3 is 15.2 Å². The lowest BCUT2D eigenvalue weighted by Gasteiger charge is -2.11. The molecule has 0 atom stereocenters. The van der Waals surface area contributed by atoms with Gasteiger partial charge >= 0.3 is 17.3 Å². The minimum atomic E-state index is -1.61. The fourth-order valence-corrected chi connectivity index (χ4v) is 2.96. The fourth-order valence-electron chi connectivity index (χ4n) is 2.86. The van der Waals surface area contributed by atoms with Crippen LogP contribution < -0.4 is 10.5 Å². The Hall–Kier alpha value is -3.43. The zero-order valence-corrected chi connectivity index (χ0v) is 27.6. The van der Waals surface area contributed by atoms with Gasteiger partial charge in [0.2, 0.25) is 0 Å². The summed E-state index contributed by atoms with van der Waals surface area (Å²) >= 11 is -0.373. The summed E-state index contributed by atoms with van der Waals surface area (Å²) in [6.07, 6.45) is 3.43. The van der Waals surface area contributed by atoms with E-state index in [4.69, 9.17) is 15.9 Å². The summed E-state index contributed by atoms with van der Waals surface area (Å²) in [4.78, 5) is 33.7. The molecule has 44 heavy (non-hydrogen) atoms. The first-order chi connectivity index (χ1) is 20.7. The molecule has 0 unspecified atom stereocenters. The summed E-state index contributed by atoms with van der Waals surface area (Å²) in [7, 11) is 0. The number of hydrogen-bond donors (Lipinski definition) is 2. The highest BCUT2D eigenvalue weighted by Gasteiger charge is 2.15. The van der Waals surface area contributed by atoms with Crippen LogP contribution in [0.2, 0.25) is 0 Å². The van der Waals surface area contributed by atoms with Gasteiger partial charge in [-0.05, 0) is 54.5 Å². The lowest BCUT2D eigenvalue weighted by atomic mass is 10.00. The molecular formula is C30H41FN2O9S2. The SMILES string of the molecule is C/C(=C\c1ccc(F)cc1OCc1ccccc1)C(=O)C(C)C.CCOC(=O)CC(=O)C(C)C.CSC(=N)N.O=S1OOO1. The monoisotopic (exact) mass is 656 g/mol. The number of nitrogens with one attached hydrogen (secondary N) is 1. The third-order valence-corrected chi connectivity index (χ3v) is 5.93. The standard InChI is InChI=1S/C20H21FO2.C8H14O3.C2H6N2S.O4S/c1-14(2)20(22)15(3)11-17-9-10-18(21)12-19(17)23-13-16-7-5-4-6-8-16;1-4-11-8(10)5-7(9)6(2)3;1-5-2(3)4;1-5-3-2-4-5/h4-12,14H,13H2,1-3H3;6H,4-5H2,1-3H3;1H3,(H3,3,4);/b15-11+;;;. The summed E-state index contributed by atoms with van der Waals surface area (Å²) in [5.74, 6) is -0.499. The number of carbonyl (C=O) groups excluding carboxylic acids is 3. The predicted molar refractivity (Wildman–Crippen MR) is 169 cm³/mol. The molecule has 0 aliphatic carbocycles. The van der Waals surface area contributed by atoms with Crippen LogP contribution in [0.25, 0.3) is 6.08 Å². The maximum Gasteiger partial charge on any atom is 0.367 e. The Labute approximate surface area is 264 Å². The van der Waals surface area contributed by atoms with Gasteiger partial charge in [-0.1, -0.05) is 78.5 Å². The molecule has 1 heterocycles. The Balaban J connectivity index is 0.000000721. The molecule has 1 saturated heterocycles. The molecule has 1 fully saturated rings. The minimum absolute atomic E-state index is 0.0662. The molecule has 3 rings (SSSR count). The lowest BCUT2D eigenvalue weighted by molar-refractivity contribution is -0.469. The van der Waals surface area contributed by atoms with E-state index in [1.54, 1.807) is 46.1 Å². The van der Waals surface area contributed by atoms with Crippen molar-refractivity contribution in [3.8, 4) is 5.75 Å². The van der Waals surface area contributed by atoms with E-state index in [1.807, 2.05) is 44.2 Å². The first-order valence-corrected chi connectivity index (χ1v) is 15.6. The van der Waals surface area contributed by atoms with E-state index in [9.17, 15) is 23.0 Å². The highest BCUT2D eigenvalue weighted by Crippen LogP contribution is 2.24. The van der Waals surface area contributed by atoms with E-state index in [0.29, 0.717) is 30.1 Å². The van der Waals surface area contributed by atoms with E-state index in [1.165, 1.54) is 23.9 Å². The van der Waals surface area contributed by atoms with Crippen molar-refractivity contribution in [2.45, 2.75) is 54.6 Å². The summed E-state index contributed by atoms with van der Waals surface area (Å²) in [5, 5.41) is 10.2. The molecule has 1 aliphatic heterocycles. The molecule has 2 aromatic carbocycles. The van der Waals surface area contributed by atoms with Crippen LogP contribution in [0.4, 0.5) is 4.39 Å². The molecular weight excluding hydrogens is 615 g/mol. The van der Waals surface area contributed by atoms with Crippen molar-refractivity contribution in [2.75, 3.05) is 12.9 Å². The predicted octanol–water partition coefficient (Wildman–Crippen LogP) is 5.90. The number of carbonyl (C=O) groups is 3. The van der Waals surface area contributed by atoms with Crippen LogP contribution in [-0.4, -0.2) is 39.8 Å². The molecule has 0 amide bonds. The normalized spacial score (nSPS) is 12.3. The van der Waals surface area contributed by atoms with Crippen molar-refractivity contribution in [3.63, 3.8) is 0 Å². The van der Waals surface area contributed by atoms with Gasteiger partial charge in [0, 0.05) is 23.5 Å². The van der Waals surface area contributed by atoms with E-state index in [-0.39, 0.29) is 40.8 Å². The Morgan fingerprint density at radius 2 is 1.64 bits per heavy atom. The Bertz CT molecular complexity index is 1240. The highest BCUT2D eigenvalue weighted by atomic mass is 32.2. The molecule has 1 aliphatic rings. The number of esters is 1. The van der Waals surface area contributed by atoms with Crippen molar-refractivity contribution >= 4 is 51.9 Å². The molecule has 14 heteroatoms. The van der Waals surface area contributed by atoms with E-state index in [2.05, 4.69) is 18.4 Å². The average Bonchev–Trinajstić information content (AvgIpc) is 2.97. The van der Waals surface area contributed by atoms with Crippen LogP contribution in [0.1, 0.15) is 59.1 Å². The second-order valence-electron chi connectivity index (χ2n) is 9.38. The molecule has 0 saturated carbocycles. The van der Waals surface area contributed by atoms with Crippen molar-refractivity contribution in [1.29, 1.82) is 5.41 Å². The van der Waals surface area contributed by atoms with Crippen molar-refractivity contribution in [3.05, 3.63) is 71.0 Å². The highest BCUT2D eigenvalue weighted by molar-refractivity contribution is 8.13. The van der Waals surface area contributed by atoms with Crippen LogP contribution >= 0.6 is 11.8 Å². The number of amidine groups is 1. The molecule has 0 aromatic heterocycles. The lowest BCUT2D eigenvalue weighted by Crippen LogP contribution is -2.15. The van der Waals surface area contributed by atoms with Gasteiger partial charge in [0.15, 0.2) is 11.0 Å². The number of nitrogens with two attached hydrogens (primary N) is 1. The van der Waals surface area contributed by atoms with E-state index >= 15 is 0 Å². The molecule has 0 spiro atoms. The quantitative estimate of drug-likeness (QED) is 0.0781. The molecule has 244 valence electrons. The van der Waals surface area contributed by atoms with Gasteiger partial charge in [0.1, 0.15) is 30.4 Å². The average molecular weight is 657 g/mol. The van der Waals surface area contributed by atoms with Gasteiger partial charge in [-0.2, -0.15) is 4.21 Å². The van der Waals surface area contributed by atoms with E-state index < -0.39 is 17.3 Å². The maximum absolute atomic E-state index is 13.5. The smallest absolute Gasteiger partial charge is 0.367 e. The molecule has 0 bridgehead atoms. The minimum Gasteiger partial charge on any atom is -0.488 e. The number of benzene rings is 2. The number of ether oxygens (including phenoxy) is 2. The molecule has 11 nitrogen and oxygen atoms in total. The summed E-state index contributed by atoms with van der Waals surface area (Å²) in [6.45, 7) is 11.4. The van der Waals surface area contributed by atoms with Gasteiger partial charge in [-0.15, -0.1) is 0 Å². The Morgan fingerprint density at radius 1 is 1.07 bits per heavy atom. The fraction of sp³-hybridized carbons (Fsp3) is 0.400. The maximum atomic E-state index is 13.5. The molecule has 0 radical (unpaired) electrons. The van der Waals surface area contributed by atoms with Crippen LogP contribution in [0.3, 0.4) is 0 Å². The Morgan fingerprint density at radius 3 is 2.07 bits per heavy atom. The van der Waals surface area contributed by atoms with Gasteiger partial charge in [-0.3, -0.25) is 19.8 Å². The first-order valence-electron chi connectivity index (χ1n) is 13.4. The first kappa shape index (κ1) is 40.6. The van der Waals surface area contributed by atoms with Gasteiger partial charge in [0.25, 0.3) is 0 Å². The number of Topliss-reactive ketones (excluding diaryl/α,β-unsaturated/α-hetero) is 2. The zero-order chi connectivity index (χ0) is 33.7. The van der Waals surface area contributed by atoms with Crippen molar-refractivity contribution < 1.29 is 46.2 Å². The van der Waals surface area contributed by atoms with Crippen LogP contribution in [0.5, 0.6) is 5.75 Å². The third kappa shape index (κ3) is 19.0. The number of ketones is 2. The third-order valence-electron chi connectivity index (χ3n) is 5.15. The van der Waals surface area contributed by atoms with E-state index in [0.717, 1.165) is 5.56 Å².